The highest BCUT2D eigenvalue weighted by Gasteiger charge is 2.10. The van der Waals surface area contributed by atoms with Crippen molar-refractivity contribution in [2.75, 3.05) is 13.7 Å². The summed E-state index contributed by atoms with van der Waals surface area (Å²) in [6.45, 7) is 4.39. The Labute approximate surface area is 102 Å². The lowest BCUT2D eigenvalue weighted by Gasteiger charge is -2.17. The minimum absolute atomic E-state index is 0.208. The van der Waals surface area contributed by atoms with E-state index in [4.69, 9.17) is 10.5 Å². The second-order valence-electron chi connectivity index (χ2n) is 4.12. The van der Waals surface area contributed by atoms with Crippen molar-refractivity contribution < 1.29 is 9.53 Å². The first-order chi connectivity index (χ1) is 8.04. The third kappa shape index (κ3) is 4.07. The van der Waals surface area contributed by atoms with Crippen molar-refractivity contribution in [3.8, 4) is 5.75 Å². The number of carbonyl (C=O) groups is 1. The quantitative estimate of drug-likeness (QED) is 0.787. The molecule has 0 heterocycles. The van der Waals surface area contributed by atoms with E-state index in [0.717, 1.165) is 16.9 Å². The van der Waals surface area contributed by atoms with Crippen molar-refractivity contribution in [2.24, 2.45) is 5.73 Å². The summed E-state index contributed by atoms with van der Waals surface area (Å²) in [6, 6.07) is 6.27. The summed E-state index contributed by atoms with van der Waals surface area (Å²) in [4.78, 5) is 10.7. The summed E-state index contributed by atoms with van der Waals surface area (Å²) < 4.78 is 5.61. The number of hydrogen-bond donors (Lipinski definition) is 2. The minimum Gasteiger partial charge on any atom is -0.493 e. The molecule has 0 spiro atoms. The molecule has 0 saturated heterocycles. The molecule has 1 unspecified atom stereocenters. The van der Waals surface area contributed by atoms with E-state index in [1.54, 1.807) is 0 Å². The first-order valence-corrected chi connectivity index (χ1v) is 5.73. The predicted molar refractivity (Wildman–Crippen MR) is 68.0 cm³/mol. The van der Waals surface area contributed by atoms with E-state index in [9.17, 15) is 4.79 Å². The Morgan fingerprint density at radius 1 is 1.53 bits per heavy atom. The molecule has 3 N–H and O–H groups in total. The van der Waals surface area contributed by atoms with E-state index in [2.05, 4.69) is 12.2 Å². The Morgan fingerprint density at radius 2 is 2.24 bits per heavy atom. The maximum Gasteiger partial charge on any atom is 0.220 e. The highest BCUT2D eigenvalue weighted by atomic mass is 16.5. The molecular weight excluding hydrogens is 216 g/mol. The van der Waals surface area contributed by atoms with Gasteiger partial charge >= 0.3 is 0 Å². The van der Waals surface area contributed by atoms with Crippen LogP contribution in [-0.2, 0) is 4.79 Å². The molecule has 0 saturated carbocycles. The van der Waals surface area contributed by atoms with E-state index >= 15 is 0 Å². The topological polar surface area (TPSA) is 64.3 Å². The zero-order valence-corrected chi connectivity index (χ0v) is 10.6. The molecule has 0 aliphatic carbocycles. The van der Waals surface area contributed by atoms with Crippen molar-refractivity contribution >= 4 is 5.91 Å². The number of aryl methyl sites for hydroxylation is 1. The second-order valence-corrected chi connectivity index (χ2v) is 4.12. The zero-order chi connectivity index (χ0) is 12.8. The molecule has 4 heteroatoms. The second kappa shape index (κ2) is 6.25. The van der Waals surface area contributed by atoms with Gasteiger partial charge in [-0.1, -0.05) is 12.1 Å². The number of ether oxygens (including phenoxy) is 1. The fourth-order valence-corrected chi connectivity index (χ4v) is 1.54. The molecule has 94 valence electrons. The van der Waals surface area contributed by atoms with Gasteiger partial charge in [-0.25, -0.2) is 0 Å². The monoisotopic (exact) mass is 236 g/mol. The molecule has 1 aromatic carbocycles. The average Bonchev–Trinajstić information content (AvgIpc) is 2.28. The average molecular weight is 236 g/mol. The number of carbonyl (C=O) groups excluding carboxylic acids is 1. The highest BCUT2D eigenvalue weighted by Crippen LogP contribution is 2.26. The summed E-state index contributed by atoms with van der Waals surface area (Å²) in [5, 5.41) is 3.17. The van der Waals surface area contributed by atoms with Gasteiger partial charge in [0.15, 0.2) is 0 Å². The van der Waals surface area contributed by atoms with E-state index in [1.807, 2.05) is 32.2 Å². The lowest BCUT2D eigenvalue weighted by molar-refractivity contribution is -0.118. The Morgan fingerprint density at radius 3 is 2.82 bits per heavy atom. The predicted octanol–water partition coefficient (Wildman–Crippen LogP) is 1.53. The van der Waals surface area contributed by atoms with Crippen LogP contribution in [0.1, 0.15) is 30.5 Å². The van der Waals surface area contributed by atoms with Gasteiger partial charge in [-0.2, -0.15) is 0 Å². The molecule has 0 radical (unpaired) electrons. The molecule has 1 amide bonds. The summed E-state index contributed by atoms with van der Waals surface area (Å²) in [5.41, 5.74) is 7.30. The van der Waals surface area contributed by atoms with E-state index in [0.29, 0.717) is 6.61 Å². The lowest BCUT2D eigenvalue weighted by atomic mass is 10.1. The molecule has 17 heavy (non-hydrogen) atoms. The molecular formula is C13H20N2O2. The summed E-state index contributed by atoms with van der Waals surface area (Å²) in [5.74, 6) is 0.467. The van der Waals surface area contributed by atoms with Crippen LogP contribution in [-0.4, -0.2) is 19.6 Å². The van der Waals surface area contributed by atoms with Crippen LogP contribution >= 0.6 is 0 Å². The van der Waals surface area contributed by atoms with Crippen molar-refractivity contribution in [1.82, 2.24) is 5.32 Å². The van der Waals surface area contributed by atoms with Gasteiger partial charge in [0.25, 0.3) is 0 Å². The first-order valence-electron chi connectivity index (χ1n) is 5.73. The standard InChI is InChI=1S/C13H20N2O2/c1-9-4-5-11(10(2)15-3)12(8-9)17-7-6-13(14)16/h4-5,8,10,15H,6-7H2,1-3H3,(H2,14,16). The Hall–Kier alpha value is -1.55. The highest BCUT2D eigenvalue weighted by molar-refractivity contribution is 5.73. The largest absolute Gasteiger partial charge is 0.493 e. The van der Waals surface area contributed by atoms with Crippen LogP contribution in [0.25, 0.3) is 0 Å². The molecule has 4 nitrogen and oxygen atoms in total. The molecule has 0 aromatic heterocycles. The van der Waals surface area contributed by atoms with Gasteiger partial charge in [0.2, 0.25) is 5.91 Å². The van der Waals surface area contributed by atoms with Crippen LogP contribution in [0, 0.1) is 6.92 Å². The van der Waals surface area contributed by atoms with Crippen molar-refractivity contribution in [2.45, 2.75) is 26.3 Å². The van der Waals surface area contributed by atoms with Crippen LogP contribution < -0.4 is 15.8 Å². The maximum absolute atomic E-state index is 10.7. The number of primary amides is 1. The Balaban J connectivity index is 2.80. The van der Waals surface area contributed by atoms with Gasteiger partial charge < -0.3 is 15.8 Å². The zero-order valence-electron chi connectivity index (χ0n) is 10.6. The van der Waals surface area contributed by atoms with Gasteiger partial charge in [0.1, 0.15) is 5.75 Å². The van der Waals surface area contributed by atoms with Crippen LogP contribution in [0.5, 0.6) is 5.75 Å². The molecule has 0 aliphatic rings. The van der Waals surface area contributed by atoms with Crippen LogP contribution in [0.15, 0.2) is 18.2 Å². The fourth-order valence-electron chi connectivity index (χ4n) is 1.54. The van der Waals surface area contributed by atoms with E-state index in [-0.39, 0.29) is 18.4 Å². The normalized spacial score (nSPS) is 12.2. The molecule has 1 atom stereocenters. The number of rotatable bonds is 6. The van der Waals surface area contributed by atoms with Gasteiger partial charge in [0.05, 0.1) is 13.0 Å². The lowest BCUT2D eigenvalue weighted by Crippen LogP contribution is -2.17. The van der Waals surface area contributed by atoms with E-state index < -0.39 is 0 Å². The van der Waals surface area contributed by atoms with Gasteiger partial charge in [-0.05, 0) is 32.5 Å². The first kappa shape index (κ1) is 13.5. The van der Waals surface area contributed by atoms with Gasteiger partial charge in [0, 0.05) is 11.6 Å². The maximum atomic E-state index is 10.7. The Kier molecular flexibility index (Phi) is 4.97. The third-order valence-corrected chi connectivity index (χ3v) is 2.67. The van der Waals surface area contributed by atoms with Crippen LogP contribution in [0.3, 0.4) is 0 Å². The summed E-state index contributed by atoms with van der Waals surface area (Å²) >= 11 is 0. The van der Waals surface area contributed by atoms with Gasteiger partial charge in [-0.3, -0.25) is 4.79 Å². The van der Waals surface area contributed by atoms with Crippen LogP contribution in [0.4, 0.5) is 0 Å². The van der Waals surface area contributed by atoms with Crippen molar-refractivity contribution in [3.05, 3.63) is 29.3 Å². The van der Waals surface area contributed by atoms with Crippen molar-refractivity contribution in [3.63, 3.8) is 0 Å². The fraction of sp³-hybridized carbons (Fsp3) is 0.462. The molecule has 0 fully saturated rings. The number of amides is 1. The molecule has 1 rings (SSSR count). The molecule has 1 aromatic rings. The number of nitrogens with one attached hydrogen (secondary N) is 1. The number of nitrogens with two attached hydrogens (primary N) is 1. The van der Waals surface area contributed by atoms with Crippen molar-refractivity contribution in [1.29, 1.82) is 0 Å². The molecule has 0 aliphatic heterocycles. The number of hydrogen-bond acceptors (Lipinski definition) is 3. The minimum atomic E-state index is -0.346. The smallest absolute Gasteiger partial charge is 0.220 e. The molecule has 0 bridgehead atoms. The summed E-state index contributed by atoms with van der Waals surface area (Å²) in [6.07, 6.45) is 0.237. The number of benzene rings is 1. The van der Waals surface area contributed by atoms with Crippen LogP contribution in [0.2, 0.25) is 0 Å². The Bertz CT molecular complexity index is 391. The SMILES string of the molecule is CNC(C)c1ccc(C)cc1OCCC(N)=O. The van der Waals surface area contributed by atoms with E-state index in [1.165, 1.54) is 0 Å². The van der Waals surface area contributed by atoms with Gasteiger partial charge in [-0.15, -0.1) is 0 Å². The third-order valence-electron chi connectivity index (χ3n) is 2.67. The summed E-state index contributed by atoms with van der Waals surface area (Å²) in [7, 11) is 1.90.